The lowest BCUT2D eigenvalue weighted by Crippen LogP contribution is -2.48. The molecule has 1 aliphatic heterocycles. The number of thiocarbonyl (C=S) groups is 1. The highest BCUT2D eigenvalue weighted by Gasteiger charge is 2.34. The molecular weight excluding hydrogens is 300 g/mol. The van der Waals surface area contributed by atoms with Crippen molar-refractivity contribution >= 4 is 29.1 Å². The smallest absolute Gasteiger partial charge is 0.243 e. The van der Waals surface area contributed by atoms with Crippen LogP contribution >= 0.6 is 12.2 Å². The number of hydrogen-bond donors (Lipinski definition) is 3. The molecule has 0 aromatic heterocycles. The summed E-state index contributed by atoms with van der Waals surface area (Å²) in [6.45, 7) is 3.54. The number of hydrogen-bond acceptors (Lipinski definition) is 3. The highest BCUT2D eigenvalue weighted by atomic mass is 32.1. The largest absolute Gasteiger partial charge is 0.362 e. The molecule has 0 radical (unpaired) electrons. The molecule has 0 bridgehead atoms. The zero-order valence-electron chi connectivity index (χ0n) is 12.5. The van der Waals surface area contributed by atoms with Gasteiger partial charge in [0.25, 0.3) is 0 Å². The first-order valence-corrected chi connectivity index (χ1v) is 7.66. The van der Waals surface area contributed by atoms with E-state index in [9.17, 15) is 9.59 Å². The van der Waals surface area contributed by atoms with Crippen molar-refractivity contribution in [2.45, 2.75) is 19.9 Å². The summed E-state index contributed by atoms with van der Waals surface area (Å²) >= 11 is 4.97. The molecule has 1 saturated heterocycles. The van der Waals surface area contributed by atoms with Crippen molar-refractivity contribution in [2.75, 3.05) is 13.1 Å². The van der Waals surface area contributed by atoms with Crippen molar-refractivity contribution in [1.82, 2.24) is 21.1 Å². The summed E-state index contributed by atoms with van der Waals surface area (Å²) in [5.41, 5.74) is 6.23. The maximum Gasteiger partial charge on any atom is 0.243 e. The molecule has 3 N–H and O–H groups in total. The standard InChI is InChI=1S/C15H20N4O2S/c1-2-16-15(22)18-17-14(21)12-8-13(20)19(10-12)9-11-6-4-3-5-7-11/h3-7,12H,2,8-10H2,1H3,(H,17,21)(H2,16,18,22). The van der Waals surface area contributed by atoms with Crippen LogP contribution in [-0.4, -0.2) is 34.9 Å². The van der Waals surface area contributed by atoms with Gasteiger partial charge in [-0.1, -0.05) is 30.3 Å². The highest BCUT2D eigenvalue weighted by molar-refractivity contribution is 7.80. The van der Waals surface area contributed by atoms with E-state index in [1.807, 2.05) is 37.3 Å². The topological polar surface area (TPSA) is 73.5 Å². The molecule has 6 nitrogen and oxygen atoms in total. The van der Waals surface area contributed by atoms with Gasteiger partial charge in [0, 0.05) is 26.1 Å². The molecule has 1 aromatic carbocycles. The third-order valence-corrected chi connectivity index (χ3v) is 3.68. The zero-order valence-corrected chi connectivity index (χ0v) is 13.3. The van der Waals surface area contributed by atoms with Crippen LogP contribution in [0, 0.1) is 5.92 Å². The van der Waals surface area contributed by atoms with Crippen molar-refractivity contribution in [3.63, 3.8) is 0 Å². The molecular formula is C15H20N4O2S. The SMILES string of the molecule is CCNC(=S)NNC(=O)C1CC(=O)N(Cc2ccccc2)C1. The third-order valence-electron chi connectivity index (χ3n) is 3.44. The van der Waals surface area contributed by atoms with E-state index in [4.69, 9.17) is 12.2 Å². The second kappa shape index (κ2) is 7.74. The Morgan fingerprint density at radius 3 is 2.73 bits per heavy atom. The predicted molar refractivity (Wildman–Crippen MR) is 87.5 cm³/mol. The predicted octanol–water partition coefficient (Wildman–Crippen LogP) is 0.550. The zero-order chi connectivity index (χ0) is 15.9. The van der Waals surface area contributed by atoms with Crippen LogP contribution in [0.1, 0.15) is 18.9 Å². The summed E-state index contributed by atoms with van der Waals surface area (Å²) < 4.78 is 0. The normalized spacial score (nSPS) is 17.2. The number of carbonyl (C=O) groups is 2. The first-order chi connectivity index (χ1) is 10.6. The molecule has 7 heteroatoms. The monoisotopic (exact) mass is 320 g/mol. The van der Waals surface area contributed by atoms with Gasteiger partial charge in [0.15, 0.2) is 5.11 Å². The van der Waals surface area contributed by atoms with Crippen molar-refractivity contribution in [3.8, 4) is 0 Å². The van der Waals surface area contributed by atoms with Gasteiger partial charge in [-0.15, -0.1) is 0 Å². The minimum atomic E-state index is -0.354. The summed E-state index contributed by atoms with van der Waals surface area (Å²) in [6.07, 6.45) is 0.230. The molecule has 0 saturated carbocycles. The van der Waals surface area contributed by atoms with Gasteiger partial charge < -0.3 is 10.2 Å². The molecule has 1 aliphatic rings. The van der Waals surface area contributed by atoms with Gasteiger partial charge in [0.2, 0.25) is 11.8 Å². The van der Waals surface area contributed by atoms with Crippen molar-refractivity contribution in [3.05, 3.63) is 35.9 Å². The summed E-state index contributed by atoms with van der Waals surface area (Å²) in [5.74, 6) is -0.574. The molecule has 22 heavy (non-hydrogen) atoms. The Hall–Kier alpha value is -2.15. The lowest BCUT2D eigenvalue weighted by atomic mass is 10.1. The van der Waals surface area contributed by atoms with E-state index in [1.54, 1.807) is 4.90 Å². The minimum absolute atomic E-state index is 0.00161. The molecule has 1 heterocycles. The minimum Gasteiger partial charge on any atom is -0.362 e. The molecule has 2 amide bonds. The van der Waals surface area contributed by atoms with Crippen molar-refractivity contribution in [1.29, 1.82) is 0 Å². The summed E-state index contributed by atoms with van der Waals surface area (Å²) in [6, 6.07) is 9.75. The second-order valence-corrected chi connectivity index (χ2v) is 5.54. The summed E-state index contributed by atoms with van der Waals surface area (Å²) in [7, 11) is 0. The van der Waals surface area contributed by atoms with Gasteiger partial charge >= 0.3 is 0 Å². The van der Waals surface area contributed by atoms with Gasteiger partial charge in [-0.3, -0.25) is 20.4 Å². The van der Waals surface area contributed by atoms with Gasteiger partial charge in [0.1, 0.15) is 0 Å². The van der Waals surface area contributed by atoms with Crippen molar-refractivity contribution in [2.24, 2.45) is 5.92 Å². The molecule has 0 aliphatic carbocycles. The van der Waals surface area contributed by atoms with E-state index in [1.165, 1.54) is 0 Å². The number of benzene rings is 1. The fourth-order valence-electron chi connectivity index (χ4n) is 2.33. The number of likely N-dealkylation sites (tertiary alicyclic amines) is 1. The molecule has 1 unspecified atom stereocenters. The Bertz CT molecular complexity index is 550. The lowest BCUT2D eigenvalue weighted by Gasteiger charge is -2.17. The van der Waals surface area contributed by atoms with Gasteiger partial charge in [-0.2, -0.15) is 0 Å². The number of nitrogens with zero attached hydrogens (tertiary/aromatic N) is 1. The van der Waals surface area contributed by atoms with Gasteiger partial charge in [-0.25, -0.2) is 0 Å². The first-order valence-electron chi connectivity index (χ1n) is 7.25. The van der Waals surface area contributed by atoms with Crippen molar-refractivity contribution < 1.29 is 9.59 Å². The number of carbonyl (C=O) groups excluding carboxylic acids is 2. The lowest BCUT2D eigenvalue weighted by molar-refractivity contribution is -0.129. The Balaban J connectivity index is 1.83. The Morgan fingerprint density at radius 1 is 1.32 bits per heavy atom. The third kappa shape index (κ3) is 4.42. The molecule has 1 aromatic rings. The van der Waals surface area contributed by atoms with Crippen LogP contribution in [0.25, 0.3) is 0 Å². The molecule has 0 spiro atoms. The molecule has 2 rings (SSSR count). The van der Waals surface area contributed by atoms with E-state index in [2.05, 4.69) is 16.2 Å². The van der Waals surface area contributed by atoms with E-state index in [0.29, 0.717) is 24.7 Å². The van der Waals surface area contributed by atoms with Crippen LogP contribution in [0.15, 0.2) is 30.3 Å². The van der Waals surface area contributed by atoms with Crippen LogP contribution in [0.5, 0.6) is 0 Å². The fraction of sp³-hybridized carbons (Fsp3) is 0.400. The van der Waals surface area contributed by atoms with Crippen LogP contribution in [-0.2, 0) is 16.1 Å². The number of rotatable bonds is 4. The van der Waals surface area contributed by atoms with Crippen LogP contribution in [0.4, 0.5) is 0 Å². The van der Waals surface area contributed by atoms with E-state index in [0.717, 1.165) is 5.56 Å². The quantitative estimate of drug-likeness (QED) is 0.558. The van der Waals surface area contributed by atoms with Gasteiger partial charge in [-0.05, 0) is 24.7 Å². The maximum absolute atomic E-state index is 12.1. The molecule has 1 atom stereocenters. The fourth-order valence-corrected chi connectivity index (χ4v) is 2.52. The number of amides is 2. The molecule has 118 valence electrons. The van der Waals surface area contributed by atoms with Crippen LogP contribution < -0.4 is 16.2 Å². The second-order valence-electron chi connectivity index (χ2n) is 5.13. The van der Waals surface area contributed by atoms with Gasteiger partial charge in [0.05, 0.1) is 5.92 Å². The Labute approximate surface area is 135 Å². The summed E-state index contributed by atoms with van der Waals surface area (Å²) in [5, 5.41) is 3.23. The van der Waals surface area contributed by atoms with E-state index < -0.39 is 0 Å². The van der Waals surface area contributed by atoms with Crippen LogP contribution in [0.3, 0.4) is 0 Å². The van der Waals surface area contributed by atoms with E-state index >= 15 is 0 Å². The van der Waals surface area contributed by atoms with Crippen LogP contribution in [0.2, 0.25) is 0 Å². The van der Waals surface area contributed by atoms with E-state index in [-0.39, 0.29) is 24.2 Å². The number of nitrogens with one attached hydrogen (secondary N) is 3. The number of hydrazine groups is 1. The maximum atomic E-state index is 12.1. The Kier molecular flexibility index (Phi) is 5.71. The highest BCUT2D eigenvalue weighted by Crippen LogP contribution is 2.20. The average Bonchev–Trinajstić information content (AvgIpc) is 2.87. The molecule has 1 fully saturated rings. The average molecular weight is 320 g/mol. The first kappa shape index (κ1) is 16.2. The summed E-state index contributed by atoms with van der Waals surface area (Å²) in [4.78, 5) is 25.8. The Morgan fingerprint density at radius 2 is 2.05 bits per heavy atom.